The molecule has 0 spiro atoms. The molecule has 1 aromatic carbocycles. The van der Waals surface area contributed by atoms with E-state index >= 15 is 0 Å². The second kappa shape index (κ2) is 14.6. The molecule has 0 fully saturated rings. The van der Waals surface area contributed by atoms with Crippen LogP contribution in [-0.4, -0.2) is 42.4 Å². The highest BCUT2D eigenvalue weighted by Gasteiger charge is 2.28. The molecule has 200 valence electrons. The van der Waals surface area contributed by atoms with Gasteiger partial charge in [0.25, 0.3) is 0 Å². The Bertz CT molecular complexity index is 1100. The lowest BCUT2D eigenvalue weighted by Gasteiger charge is -2.25. The average Bonchev–Trinajstić information content (AvgIpc) is 2.77. The summed E-state index contributed by atoms with van der Waals surface area (Å²) >= 11 is 0. The van der Waals surface area contributed by atoms with Gasteiger partial charge in [0.2, 0.25) is 17.7 Å². The van der Waals surface area contributed by atoms with E-state index in [1.165, 1.54) is 13.0 Å². The number of carbonyl (C=O) groups is 3. The van der Waals surface area contributed by atoms with E-state index in [1.807, 2.05) is 13.8 Å². The summed E-state index contributed by atoms with van der Waals surface area (Å²) in [6, 6.07) is 4.00. The highest BCUT2D eigenvalue weighted by atomic mass is 35.5. The Kier molecular flexibility index (Phi) is 12.6. The monoisotopic (exact) mass is 523 g/mol. The highest BCUT2D eigenvalue weighted by Crippen LogP contribution is 2.21. The zero-order valence-corrected chi connectivity index (χ0v) is 22.1. The Morgan fingerprint density at radius 2 is 1.64 bits per heavy atom. The number of anilines is 1. The van der Waals surface area contributed by atoms with Crippen molar-refractivity contribution >= 4 is 46.8 Å². The molecule has 11 heteroatoms. The molecule has 3 atom stereocenters. The lowest BCUT2D eigenvalue weighted by atomic mass is 10.0. The molecule has 10 nitrogen and oxygen atoms in total. The van der Waals surface area contributed by atoms with Crippen LogP contribution >= 0.6 is 12.4 Å². The van der Waals surface area contributed by atoms with Crippen molar-refractivity contribution in [3.05, 3.63) is 40.2 Å². The molecule has 0 aliphatic carbocycles. The number of rotatable bonds is 12. The molecule has 0 saturated heterocycles. The van der Waals surface area contributed by atoms with E-state index in [4.69, 9.17) is 15.9 Å². The maximum absolute atomic E-state index is 13.1. The van der Waals surface area contributed by atoms with Crippen LogP contribution in [0.15, 0.2) is 33.5 Å². The van der Waals surface area contributed by atoms with Crippen molar-refractivity contribution in [2.45, 2.75) is 71.5 Å². The number of nitrogens with two attached hydrogens (primary N) is 2. The fourth-order valence-corrected chi connectivity index (χ4v) is 3.67. The topological polar surface area (TPSA) is 170 Å². The lowest BCUT2D eigenvalue weighted by molar-refractivity contribution is -0.131. The van der Waals surface area contributed by atoms with Crippen molar-refractivity contribution in [3.8, 4) is 0 Å². The Balaban J connectivity index is 0.00000648. The third-order valence-electron chi connectivity index (χ3n) is 5.55. The SMILES string of the molecule is Cc1cc(=O)oc2cc(NC(=O)[C@H](CCCCN)NC(=O)[C@H](CC(C)C)NC(=O)[C@@H](C)N)ccc12.Cl. The van der Waals surface area contributed by atoms with Gasteiger partial charge >= 0.3 is 5.63 Å². The zero-order valence-electron chi connectivity index (χ0n) is 21.3. The van der Waals surface area contributed by atoms with Crippen molar-refractivity contribution in [2.75, 3.05) is 11.9 Å². The van der Waals surface area contributed by atoms with Gasteiger partial charge in [0.05, 0.1) is 6.04 Å². The third-order valence-corrected chi connectivity index (χ3v) is 5.55. The van der Waals surface area contributed by atoms with Crippen molar-refractivity contribution in [1.82, 2.24) is 10.6 Å². The molecule has 3 amide bonds. The normalized spacial score (nSPS) is 13.4. The summed E-state index contributed by atoms with van der Waals surface area (Å²) in [7, 11) is 0. The maximum Gasteiger partial charge on any atom is 0.336 e. The van der Waals surface area contributed by atoms with E-state index < -0.39 is 41.5 Å². The number of hydrogen-bond donors (Lipinski definition) is 5. The molecule has 36 heavy (non-hydrogen) atoms. The number of carbonyl (C=O) groups excluding carboxylic acids is 3. The van der Waals surface area contributed by atoms with E-state index in [2.05, 4.69) is 16.0 Å². The Hall–Kier alpha value is -2.95. The van der Waals surface area contributed by atoms with Crippen LogP contribution in [0.5, 0.6) is 0 Å². The first-order valence-corrected chi connectivity index (χ1v) is 11.9. The first-order chi connectivity index (χ1) is 16.5. The number of unbranched alkanes of at least 4 members (excludes halogenated alkanes) is 1. The van der Waals surface area contributed by atoms with Gasteiger partial charge in [-0.2, -0.15) is 0 Å². The molecule has 0 aliphatic rings. The molecule has 0 unspecified atom stereocenters. The van der Waals surface area contributed by atoms with Crippen LogP contribution < -0.4 is 33.0 Å². The molecule has 0 saturated carbocycles. The number of nitrogens with one attached hydrogen (secondary N) is 3. The smallest absolute Gasteiger partial charge is 0.336 e. The van der Waals surface area contributed by atoms with Crippen molar-refractivity contribution in [3.63, 3.8) is 0 Å². The van der Waals surface area contributed by atoms with Crippen LogP contribution in [0.2, 0.25) is 0 Å². The van der Waals surface area contributed by atoms with Gasteiger partial charge in [0, 0.05) is 23.2 Å². The summed E-state index contributed by atoms with van der Waals surface area (Å²) in [6.45, 7) is 7.67. The van der Waals surface area contributed by atoms with E-state index in [0.29, 0.717) is 43.5 Å². The van der Waals surface area contributed by atoms with Gasteiger partial charge in [0.1, 0.15) is 17.7 Å². The summed E-state index contributed by atoms with van der Waals surface area (Å²) in [5.41, 5.74) is 12.3. The number of aryl methyl sites for hydroxylation is 1. The van der Waals surface area contributed by atoms with Crippen molar-refractivity contribution in [1.29, 1.82) is 0 Å². The molecular weight excluding hydrogens is 486 g/mol. The molecule has 2 rings (SSSR count). The van der Waals surface area contributed by atoms with Crippen LogP contribution in [0.25, 0.3) is 11.0 Å². The number of halogens is 1. The van der Waals surface area contributed by atoms with E-state index in [9.17, 15) is 19.2 Å². The second-order valence-corrected chi connectivity index (χ2v) is 9.27. The lowest BCUT2D eigenvalue weighted by Crippen LogP contribution is -2.55. The Morgan fingerprint density at radius 1 is 0.972 bits per heavy atom. The fraction of sp³-hybridized carbons (Fsp3) is 0.520. The minimum atomic E-state index is -0.851. The summed E-state index contributed by atoms with van der Waals surface area (Å²) in [5.74, 6) is -1.20. The van der Waals surface area contributed by atoms with Crippen LogP contribution in [0, 0.1) is 12.8 Å². The minimum Gasteiger partial charge on any atom is -0.423 e. The van der Waals surface area contributed by atoms with Gasteiger partial charge in [-0.1, -0.05) is 13.8 Å². The van der Waals surface area contributed by atoms with Crippen molar-refractivity contribution in [2.24, 2.45) is 17.4 Å². The quantitative estimate of drug-likeness (QED) is 0.209. The largest absolute Gasteiger partial charge is 0.423 e. The minimum absolute atomic E-state index is 0. The average molecular weight is 524 g/mol. The molecule has 0 aliphatic heterocycles. The van der Waals surface area contributed by atoms with E-state index in [-0.39, 0.29) is 18.3 Å². The maximum atomic E-state index is 13.1. The van der Waals surface area contributed by atoms with Crippen LogP contribution in [0.4, 0.5) is 5.69 Å². The molecular formula is C25H38ClN5O5. The standard InChI is InChI=1S/C25H37N5O5.ClH/c1-14(2)11-20(30-23(32)16(4)27)25(34)29-19(7-5-6-10-26)24(33)28-17-8-9-18-15(3)12-22(31)35-21(18)13-17;/h8-9,12-14,16,19-20H,5-7,10-11,26-27H2,1-4H3,(H,28,33)(H,29,34)(H,30,32);1H/t16-,19+,20+;/m1./s1. The van der Waals surface area contributed by atoms with E-state index in [1.54, 1.807) is 25.1 Å². The van der Waals surface area contributed by atoms with Gasteiger partial charge in [0.15, 0.2) is 0 Å². The van der Waals surface area contributed by atoms with E-state index in [0.717, 1.165) is 10.9 Å². The van der Waals surface area contributed by atoms with Gasteiger partial charge in [-0.3, -0.25) is 14.4 Å². The Morgan fingerprint density at radius 3 is 2.25 bits per heavy atom. The summed E-state index contributed by atoms with van der Waals surface area (Å²) in [5, 5.41) is 9.00. The molecule has 1 heterocycles. The van der Waals surface area contributed by atoms with Crippen LogP contribution in [-0.2, 0) is 14.4 Å². The van der Waals surface area contributed by atoms with Crippen LogP contribution in [0.1, 0.15) is 52.0 Å². The predicted octanol–water partition coefficient (Wildman–Crippen LogP) is 1.95. The van der Waals surface area contributed by atoms with Gasteiger partial charge < -0.3 is 31.8 Å². The number of amides is 3. The second-order valence-electron chi connectivity index (χ2n) is 9.27. The predicted molar refractivity (Wildman–Crippen MR) is 143 cm³/mol. The molecule has 1 aromatic heterocycles. The molecule has 0 bridgehead atoms. The summed E-state index contributed by atoms with van der Waals surface area (Å²) in [6.07, 6.45) is 2.08. The van der Waals surface area contributed by atoms with Gasteiger partial charge in [-0.15, -0.1) is 12.4 Å². The van der Waals surface area contributed by atoms with Gasteiger partial charge in [-0.25, -0.2) is 4.79 Å². The zero-order chi connectivity index (χ0) is 26.1. The Labute approximate surface area is 217 Å². The third kappa shape index (κ3) is 9.25. The first kappa shape index (κ1) is 31.1. The molecule has 2 aromatic rings. The van der Waals surface area contributed by atoms with Crippen LogP contribution in [0.3, 0.4) is 0 Å². The number of hydrogen-bond acceptors (Lipinski definition) is 7. The summed E-state index contributed by atoms with van der Waals surface area (Å²) in [4.78, 5) is 50.0. The number of fused-ring (bicyclic) bond motifs is 1. The highest BCUT2D eigenvalue weighted by molar-refractivity contribution is 5.99. The van der Waals surface area contributed by atoms with Crippen molar-refractivity contribution < 1.29 is 18.8 Å². The summed E-state index contributed by atoms with van der Waals surface area (Å²) < 4.78 is 5.25. The first-order valence-electron chi connectivity index (χ1n) is 11.9. The molecule has 0 radical (unpaired) electrons. The number of benzene rings is 1. The fourth-order valence-electron chi connectivity index (χ4n) is 3.67. The van der Waals surface area contributed by atoms with Gasteiger partial charge in [-0.05, 0) is 69.7 Å². The molecule has 7 N–H and O–H groups in total.